The lowest BCUT2D eigenvalue weighted by molar-refractivity contribution is 0.586. The molecular weight excluding hydrogens is 246 g/mol. The van der Waals surface area contributed by atoms with Crippen LogP contribution in [0.1, 0.15) is 19.0 Å². The molecule has 1 aromatic heterocycles. The van der Waals surface area contributed by atoms with Gasteiger partial charge in [0, 0.05) is 18.5 Å². The Morgan fingerprint density at radius 3 is 2.75 bits per heavy atom. The molecule has 5 nitrogen and oxygen atoms in total. The van der Waals surface area contributed by atoms with Crippen LogP contribution in [0.4, 0.5) is 5.13 Å². The second-order valence-corrected chi connectivity index (χ2v) is 6.14. The zero-order chi connectivity index (χ0) is 12.0. The molecule has 0 atom stereocenters. The van der Waals surface area contributed by atoms with Crippen LogP contribution >= 0.6 is 11.3 Å². The summed E-state index contributed by atoms with van der Waals surface area (Å²) in [4.78, 5) is 4.34. The van der Waals surface area contributed by atoms with E-state index in [1.165, 1.54) is 0 Å². The molecule has 0 aliphatic rings. The molecule has 0 saturated carbocycles. The molecule has 0 aliphatic carbocycles. The van der Waals surface area contributed by atoms with Gasteiger partial charge in [0.2, 0.25) is 10.0 Å². The Bertz CT molecular complexity index is 414. The normalized spacial score (nSPS) is 11.6. The summed E-state index contributed by atoms with van der Waals surface area (Å²) in [5, 5.41) is 6.08. The number of nitrogens with zero attached hydrogens (tertiary/aromatic N) is 1. The van der Waals surface area contributed by atoms with E-state index in [4.69, 9.17) is 0 Å². The summed E-state index contributed by atoms with van der Waals surface area (Å²) in [5.74, 6) is 0. The van der Waals surface area contributed by atoms with Gasteiger partial charge in [0.1, 0.15) is 0 Å². The molecule has 16 heavy (non-hydrogen) atoms. The Balaban J connectivity index is 2.16. The maximum absolute atomic E-state index is 10.8. The second-order valence-electron chi connectivity index (χ2n) is 3.44. The summed E-state index contributed by atoms with van der Waals surface area (Å²) in [6, 6.07) is 0. The van der Waals surface area contributed by atoms with Crippen LogP contribution in [0, 0.1) is 0 Å². The fraction of sp³-hybridized carbons (Fsp3) is 0.667. The first kappa shape index (κ1) is 13.4. The zero-order valence-corrected chi connectivity index (χ0v) is 11.1. The third-order valence-electron chi connectivity index (χ3n) is 1.91. The van der Waals surface area contributed by atoms with E-state index in [1.807, 2.05) is 5.38 Å². The van der Waals surface area contributed by atoms with E-state index in [2.05, 4.69) is 21.9 Å². The van der Waals surface area contributed by atoms with Crippen molar-refractivity contribution in [1.82, 2.24) is 9.71 Å². The summed E-state index contributed by atoms with van der Waals surface area (Å²) in [6.07, 6.45) is 2.84. The Kier molecular flexibility index (Phi) is 5.17. The van der Waals surface area contributed by atoms with Gasteiger partial charge in [0.05, 0.1) is 11.9 Å². The fourth-order valence-corrected chi connectivity index (χ4v) is 2.43. The first-order valence-corrected chi connectivity index (χ1v) is 7.91. The fourth-order valence-electron chi connectivity index (χ4n) is 1.09. The average molecular weight is 263 g/mol. The molecule has 2 N–H and O–H groups in total. The van der Waals surface area contributed by atoms with Gasteiger partial charge >= 0.3 is 0 Å². The van der Waals surface area contributed by atoms with Gasteiger partial charge in [0.15, 0.2) is 5.13 Å². The molecule has 0 saturated heterocycles. The third kappa shape index (κ3) is 5.43. The Morgan fingerprint density at radius 2 is 2.19 bits per heavy atom. The van der Waals surface area contributed by atoms with E-state index < -0.39 is 10.0 Å². The number of hydrogen-bond donors (Lipinski definition) is 2. The van der Waals surface area contributed by atoms with Crippen LogP contribution in [0.5, 0.6) is 0 Å². The number of thiazole rings is 1. The number of aromatic nitrogens is 1. The van der Waals surface area contributed by atoms with Crippen molar-refractivity contribution >= 4 is 26.5 Å². The van der Waals surface area contributed by atoms with Crippen molar-refractivity contribution in [2.75, 3.05) is 24.7 Å². The molecule has 0 radical (unpaired) electrons. The van der Waals surface area contributed by atoms with E-state index in [9.17, 15) is 8.42 Å². The van der Waals surface area contributed by atoms with E-state index in [1.54, 1.807) is 11.3 Å². The Hall–Kier alpha value is -0.660. The molecule has 92 valence electrons. The van der Waals surface area contributed by atoms with Gasteiger partial charge in [-0.15, -0.1) is 11.3 Å². The Labute approximate surface area is 100 Å². The smallest absolute Gasteiger partial charge is 0.208 e. The van der Waals surface area contributed by atoms with Crippen LogP contribution in [0.3, 0.4) is 0 Å². The molecule has 0 aliphatic heterocycles. The van der Waals surface area contributed by atoms with Crippen LogP contribution in [0.2, 0.25) is 0 Å². The highest BCUT2D eigenvalue weighted by Crippen LogP contribution is 2.15. The molecule has 0 fully saturated rings. The van der Waals surface area contributed by atoms with Gasteiger partial charge in [-0.1, -0.05) is 6.92 Å². The SMILES string of the molecule is CCc1csc(NCCCNS(C)(=O)=O)n1. The molecule has 1 rings (SSSR count). The standard InChI is InChI=1S/C9H17N3O2S2/c1-3-8-7-15-9(12-8)10-5-4-6-11-16(2,13)14/h7,11H,3-6H2,1-2H3,(H,10,12). The highest BCUT2D eigenvalue weighted by Gasteiger charge is 2.00. The molecule has 0 unspecified atom stereocenters. The van der Waals surface area contributed by atoms with Crippen molar-refractivity contribution in [2.24, 2.45) is 0 Å². The highest BCUT2D eigenvalue weighted by atomic mass is 32.2. The molecule has 7 heteroatoms. The van der Waals surface area contributed by atoms with E-state index >= 15 is 0 Å². The molecule has 1 heterocycles. The van der Waals surface area contributed by atoms with Gasteiger partial charge in [-0.25, -0.2) is 18.1 Å². The lowest BCUT2D eigenvalue weighted by Gasteiger charge is -2.03. The van der Waals surface area contributed by atoms with Crippen LogP contribution in [0.15, 0.2) is 5.38 Å². The second kappa shape index (κ2) is 6.17. The lowest BCUT2D eigenvalue weighted by atomic mass is 10.4. The van der Waals surface area contributed by atoms with Crippen molar-refractivity contribution in [3.05, 3.63) is 11.1 Å². The van der Waals surface area contributed by atoms with E-state index in [-0.39, 0.29) is 0 Å². The monoisotopic (exact) mass is 263 g/mol. The first-order chi connectivity index (χ1) is 7.51. The predicted octanol–water partition coefficient (Wildman–Crippen LogP) is 1.06. The number of hydrogen-bond acceptors (Lipinski definition) is 5. The minimum absolute atomic E-state index is 0.456. The van der Waals surface area contributed by atoms with Crippen molar-refractivity contribution in [3.8, 4) is 0 Å². The van der Waals surface area contributed by atoms with Gasteiger partial charge in [0.25, 0.3) is 0 Å². The number of anilines is 1. The molecule has 0 spiro atoms. The first-order valence-electron chi connectivity index (χ1n) is 5.14. The summed E-state index contributed by atoms with van der Waals surface area (Å²) < 4.78 is 24.0. The Morgan fingerprint density at radius 1 is 1.44 bits per heavy atom. The molecule has 0 amide bonds. The van der Waals surface area contributed by atoms with Crippen molar-refractivity contribution in [1.29, 1.82) is 0 Å². The van der Waals surface area contributed by atoms with Gasteiger partial charge in [-0.2, -0.15) is 0 Å². The summed E-state index contributed by atoms with van der Waals surface area (Å²) in [6.45, 7) is 3.24. The topological polar surface area (TPSA) is 71.1 Å². The van der Waals surface area contributed by atoms with Crippen LogP contribution in [0.25, 0.3) is 0 Å². The number of rotatable bonds is 7. The molecule has 1 aromatic rings. The van der Waals surface area contributed by atoms with Gasteiger partial charge < -0.3 is 5.32 Å². The van der Waals surface area contributed by atoms with Crippen LogP contribution < -0.4 is 10.0 Å². The number of sulfonamides is 1. The number of nitrogens with one attached hydrogen (secondary N) is 2. The minimum Gasteiger partial charge on any atom is -0.361 e. The highest BCUT2D eigenvalue weighted by molar-refractivity contribution is 7.88. The van der Waals surface area contributed by atoms with Crippen LogP contribution in [-0.4, -0.2) is 32.7 Å². The maximum Gasteiger partial charge on any atom is 0.208 e. The van der Waals surface area contributed by atoms with Crippen LogP contribution in [-0.2, 0) is 16.4 Å². The summed E-state index contributed by atoms with van der Waals surface area (Å²) >= 11 is 1.58. The van der Waals surface area contributed by atoms with Gasteiger partial charge in [-0.05, 0) is 12.8 Å². The van der Waals surface area contributed by atoms with E-state index in [0.29, 0.717) is 6.54 Å². The van der Waals surface area contributed by atoms with Crippen molar-refractivity contribution in [2.45, 2.75) is 19.8 Å². The maximum atomic E-state index is 10.8. The largest absolute Gasteiger partial charge is 0.361 e. The quantitative estimate of drug-likeness (QED) is 0.722. The average Bonchev–Trinajstić information content (AvgIpc) is 2.63. The lowest BCUT2D eigenvalue weighted by Crippen LogP contribution is -2.24. The number of aryl methyl sites for hydroxylation is 1. The van der Waals surface area contributed by atoms with Crippen molar-refractivity contribution < 1.29 is 8.42 Å². The molecular formula is C9H17N3O2S2. The van der Waals surface area contributed by atoms with Crippen molar-refractivity contribution in [3.63, 3.8) is 0 Å². The predicted molar refractivity (Wildman–Crippen MR) is 67.4 cm³/mol. The summed E-state index contributed by atoms with van der Waals surface area (Å²) in [5.41, 5.74) is 1.08. The minimum atomic E-state index is -3.06. The third-order valence-corrected chi connectivity index (χ3v) is 3.49. The van der Waals surface area contributed by atoms with E-state index in [0.717, 1.165) is 36.5 Å². The molecule has 0 bridgehead atoms. The summed E-state index contributed by atoms with van der Waals surface area (Å²) in [7, 11) is -3.06. The zero-order valence-electron chi connectivity index (χ0n) is 9.49. The molecule has 0 aromatic carbocycles. The van der Waals surface area contributed by atoms with Gasteiger partial charge in [-0.3, -0.25) is 0 Å².